The molecule has 1 aliphatic carbocycles. The number of hydrogen-bond donors (Lipinski definition) is 1. The molecule has 0 spiro atoms. The zero-order chi connectivity index (χ0) is 21.0. The van der Waals surface area contributed by atoms with Gasteiger partial charge < -0.3 is 10.6 Å². The monoisotopic (exact) mass is 404 g/mol. The molecular weight excluding hydrogens is 372 g/mol. The van der Waals surface area contributed by atoms with Crippen molar-refractivity contribution in [2.75, 3.05) is 13.1 Å². The van der Waals surface area contributed by atoms with Crippen LogP contribution < -0.4 is 5.73 Å². The number of rotatable bonds is 5. The van der Waals surface area contributed by atoms with Crippen LogP contribution in [0.25, 0.3) is 11.1 Å². The highest BCUT2D eigenvalue weighted by Crippen LogP contribution is 2.37. The van der Waals surface area contributed by atoms with E-state index < -0.39 is 5.41 Å². The fraction of sp³-hybridized carbons (Fsp3) is 0.462. The summed E-state index contributed by atoms with van der Waals surface area (Å²) in [4.78, 5) is 27.3. The highest BCUT2D eigenvalue weighted by Gasteiger charge is 2.41. The van der Waals surface area contributed by atoms with Crippen LogP contribution in [-0.2, 0) is 16.0 Å². The summed E-state index contributed by atoms with van der Waals surface area (Å²) in [6.07, 6.45) is 7.56. The van der Waals surface area contributed by atoms with Crippen LogP contribution in [0, 0.1) is 11.3 Å². The van der Waals surface area contributed by atoms with Gasteiger partial charge >= 0.3 is 0 Å². The smallest absolute Gasteiger partial charge is 0.225 e. The van der Waals surface area contributed by atoms with E-state index in [9.17, 15) is 9.59 Å². The van der Waals surface area contributed by atoms with Gasteiger partial charge in [0.05, 0.1) is 5.41 Å². The van der Waals surface area contributed by atoms with Gasteiger partial charge in [-0.2, -0.15) is 0 Å². The Kier molecular flexibility index (Phi) is 6.21. The molecule has 2 aromatic rings. The normalized spacial score (nSPS) is 19.4. The quantitative estimate of drug-likeness (QED) is 0.793. The van der Waals surface area contributed by atoms with Crippen molar-refractivity contribution < 1.29 is 9.59 Å². The fourth-order valence-corrected chi connectivity index (χ4v) is 5.11. The van der Waals surface area contributed by atoms with Gasteiger partial charge in [0.25, 0.3) is 0 Å². The van der Waals surface area contributed by atoms with E-state index in [0.717, 1.165) is 31.2 Å². The molecule has 2 amide bonds. The second-order valence-electron chi connectivity index (χ2n) is 9.04. The third kappa shape index (κ3) is 4.43. The Balaban J connectivity index is 1.42. The van der Waals surface area contributed by atoms with E-state index in [1.807, 2.05) is 23.1 Å². The molecule has 2 fully saturated rings. The first-order valence-corrected chi connectivity index (χ1v) is 11.3. The molecule has 1 heterocycles. The molecule has 0 unspecified atom stereocenters. The molecular formula is C26H32N2O2. The van der Waals surface area contributed by atoms with Crippen LogP contribution in [0.15, 0.2) is 54.6 Å². The molecule has 4 heteroatoms. The van der Waals surface area contributed by atoms with Crippen LogP contribution >= 0.6 is 0 Å². The van der Waals surface area contributed by atoms with Gasteiger partial charge in [-0.05, 0) is 48.8 Å². The van der Waals surface area contributed by atoms with Crippen molar-refractivity contribution in [1.82, 2.24) is 4.90 Å². The molecule has 0 atom stereocenters. The van der Waals surface area contributed by atoms with Gasteiger partial charge in [0.15, 0.2) is 0 Å². The minimum atomic E-state index is -0.558. The van der Waals surface area contributed by atoms with Gasteiger partial charge in [0.1, 0.15) is 0 Å². The van der Waals surface area contributed by atoms with Gasteiger partial charge in [-0.1, -0.05) is 73.9 Å². The zero-order valence-corrected chi connectivity index (χ0v) is 17.7. The summed E-state index contributed by atoms with van der Waals surface area (Å²) >= 11 is 0. The lowest BCUT2D eigenvalue weighted by Gasteiger charge is -2.41. The molecule has 2 aromatic carbocycles. The van der Waals surface area contributed by atoms with Crippen molar-refractivity contribution in [3.8, 4) is 11.1 Å². The number of hydrogen-bond acceptors (Lipinski definition) is 2. The average Bonchev–Trinajstić information content (AvgIpc) is 2.81. The molecule has 1 saturated carbocycles. The molecule has 4 nitrogen and oxygen atoms in total. The maximum Gasteiger partial charge on any atom is 0.225 e. The topological polar surface area (TPSA) is 63.4 Å². The predicted molar refractivity (Wildman–Crippen MR) is 120 cm³/mol. The van der Waals surface area contributed by atoms with Crippen LogP contribution in [0.1, 0.15) is 50.5 Å². The van der Waals surface area contributed by atoms with E-state index in [4.69, 9.17) is 5.73 Å². The first-order chi connectivity index (χ1) is 14.6. The van der Waals surface area contributed by atoms with Crippen molar-refractivity contribution in [2.24, 2.45) is 17.1 Å². The third-order valence-corrected chi connectivity index (χ3v) is 7.11. The Hall–Kier alpha value is -2.62. The molecule has 1 saturated heterocycles. The maximum atomic E-state index is 12.9. The molecule has 2 N–H and O–H groups in total. The fourth-order valence-electron chi connectivity index (χ4n) is 5.11. The van der Waals surface area contributed by atoms with Gasteiger partial charge in [0, 0.05) is 19.0 Å². The van der Waals surface area contributed by atoms with Gasteiger partial charge in [-0.15, -0.1) is 0 Å². The van der Waals surface area contributed by atoms with Gasteiger partial charge in [0.2, 0.25) is 11.8 Å². The summed E-state index contributed by atoms with van der Waals surface area (Å²) in [6, 6.07) is 18.7. The van der Waals surface area contributed by atoms with Gasteiger partial charge in [-0.25, -0.2) is 0 Å². The Bertz CT molecular complexity index is 862. The van der Waals surface area contributed by atoms with Crippen molar-refractivity contribution in [2.45, 2.75) is 51.4 Å². The Morgan fingerprint density at radius 1 is 0.867 bits per heavy atom. The lowest BCUT2D eigenvalue weighted by Crippen LogP contribution is -2.51. The number of nitrogens with two attached hydrogens (primary N) is 1. The van der Waals surface area contributed by atoms with E-state index in [1.54, 1.807) is 0 Å². The third-order valence-electron chi connectivity index (χ3n) is 7.11. The van der Waals surface area contributed by atoms with Crippen molar-refractivity contribution >= 4 is 11.8 Å². The Labute approximate surface area is 179 Å². The van der Waals surface area contributed by atoms with E-state index in [1.165, 1.54) is 17.5 Å². The van der Waals surface area contributed by atoms with Crippen molar-refractivity contribution in [3.63, 3.8) is 0 Å². The molecule has 0 aromatic heterocycles. The number of carbonyl (C=O) groups is 2. The number of likely N-dealkylation sites (tertiary alicyclic amines) is 1. The van der Waals surface area contributed by atoms with Gasteiger partial charge in [-0.3, -0.25) is 9.59 Å². The van der Waals surface area contributed by atoms with Crippen LogP contribution in [0.2, 0.25) is 0 Å². The zero-order valence-electron chi connectivity index (χ0n) is 17.7. The summed E-state index contributed by atoms with van der Waals surface area (Å²) in [5.41, 5.74) is 8.81. The van der Waals surface area contributed by atoms with E-state index in [0.29, 0.717) is 38.3 Å². The number of piperidine rings is 1. The minimum absolute atomic E-state index is 0.186. The molecule has 4 rings (SSSR count). The number of benzene rings is 2. The largest absolute Gasteiger partial charge is 0.369 e. The molecule has 0 radical (unpaired) electrons. The SMILES string of the molecule is NC(=O)C1(Cc2ccc(-c3ccccc3)cc2)CCN(C(=O)C2CCCCC2)CC1. The maximum absolute atomic E-state index is 12.9. The summed E-state index contributed by atoms with van der Waals surface area (Å²) in [5, 5.41) is 0. The lowest BCUT2D eigenvalue weighted by molar-refractivity contribution is -0.142. The van der Waals surface area contributed by atoms with E-state index in [2.05, 4.69) is 36.4 Å². The molecule has 0 bridgehead atoms. The van der Waals surface area contributed by atoms with Crippen LogP contribution in [0.4, 0.5) is 0 Å². The highest BCUT2D eigenvalue weighted by molar-refractivity contribution is 5.83. The first kappa shape index (κ1) is 20.6. The lowest BCUT2D eigenvalue weighted by atomic mass is 9.72. The Morgan fingerprint density at radius 2 is 1.47 bits per heavy atom. The average molecular weight is 405 g/mol. The van der Waals surface area contributed by atoms with Crippen molar-refractivity contribution in [1.29, 1.82) is 0 Å². The molecule has 30 heavy (non-hydrogen) atoms. The first-order valence-electron chi connectivity index (χ1n) is 11.3. The summed E-state index contributed by atoms with van der Waals surface area (Å²) in [5.74, 6) is 0.241. The standard InChI is InChI=1S/C26H32N2O2/c27-25(30)26(15-17-28(18-16-26)24(29)23-9-5-2-6-10-23)19-20-11-13-22(14-12-20)21-7-3-1-4-8-21/h1,3-4,7-8,11-14,23H,2,5-6,9-10,15-19H2,(H2,27,30). The number of carbonyl (C=O) groups excluding carboxylic acids is 2. The summed E-state index contributed by atoms with van der Waals surface area (Å²) < 4.78 is 0. The van der Waals surface area contributed by atoms with Crippen LogP contribution in [0.3, 0.4) is 0 Å². The second kappa shape index (κ2) is 9.03. The van der Waals surface area contributed by atoms with Crippen molar-refractivity contribution in [3.05, 3.63) is 60.2 Å². The Morgan fingerprint density at radius 3 is 2.07 bits per heavy atom. The van der Waals surface area contributed by atoms with Crippen LogP contribution in [0.5, 0.6) is 0 Å². The van der Waals surface area contributed by atoms with Crippen LogP contribution in [-0.4, -0.2) is 29.8 Å². The number of primary amides is 1. The summed E-state index contributed by atoms with van der Waals surface area (Å²) in [6.45, 7) is 1.28. The summed E-state index contributed by atoms with van der Waals surface area (Å²) in [7, 11) is 0. The number of amides is 2. The predicted octanol–water partition coefficient (Wildman–Crippen LogP) is 4.57. The molecule has 158 valence electrons. The minimum Gasteiger partial charge on any atom is -0.369 e. The van der Waals surface area contributed by atoms with E-state index in [-0.39, 0.29) is 11.8 Å². The molecule has 2 aliphatic rings. The second-order valence-corrected chi connectivity index (χ2v) is 9.04. The molecule has 1 aliphatic heterocycles. The number of nitrogens with zero attached hydrogens (tertiary/aromatic N) is 1. The van der Waals surface area contributed by atoms with E-state index >= 15 is 0 Å². The highest BCUT2D eigenvalue weighted by atomic mass is 16.2.